The van der Waals surface area contributed by atoms with Crippen LogP contribution in [0, 0.1) is 0 Å². The molecule has 3 nitrogen and oxygen atoms in total. The number of benzene rings is 1. The molecule has 1 aromatic carbocycles. The molecule has 0 bridgehead atoms. The van der Waals surface area contributed by atoms with Gasteiger partial charge in [-0.15, -0.1) is 0 Å². The molecule has 0 radical (unpaired) electrons. The predicted octanol–water partition coefficient (Wildman–Crippen LogP) is 3.27. The van der Waals surface area contributed by atoms with Gasteiger partial charge in [-0.2, -0.15) is 0 Å². The molecule has 0 aliphatic rings. The third-order valence-electron chi connectivity index (χ3n) is 2.89. The second kappa shape index (κ2) is 6.26. The van der Waals surface area contributed by atoms with Gasteiger partial charge in [0.25, 0.3) is 0 Å². The van der Waals surface area contributed by atoms with Crippen LogP contribution < -0.4 is 10.5 Å². The van der Waals surface area contributed by atoms with Crippen molar-refractivity contribution in [2.45, 2.75) is 32.9 Å². The molecule has 96 valence electrons. The van der Waals surface area contributed by atoms with Gasteiger partial charge < -0.3 is 14.9 Å². The molecule has 0 amide bonds. The highest BCUT2D eigenvalue weighted by atomic mass is 16.5. The lowest BCUT2D eigenvalue weighted by Gasteiger charge is -2.06. The molecule has 2 rings (SSSR count). The van der Waals surface area contributed by atoms with Gasteiger partial charge >= 0.3 is 0 Å². The smallest absolute Gasteiger partial charge is 0.146 e. The van der Waals surface area contributed by atoms with Crippen LogP contribution in [-0.4, -0.2) is 0 Å². The Morgan fingerprint density at radius 2 is 1.94 bits per heavy atom. The van der Waals surface area contributed by atoms with E-state index in [0.29, 0.717) is 13.2 Å². The van der Waals surface area contributed by atoms with E-state index in [4.69, 9.17) is 14.9 Å². The second-order valence-electron chi connectivity index (χ2n) is 4.26. The van der Waals surface area contributed by atoms with Gasteiger partial charge in [0.1, 0.15) is 18.1 Å². The van der Waals surface area contributed by atoms with Gasteiger partial charge in [-0.1, -0.05) is 25.5 Å². The number of ether oxygens (including phenoxy) is 1. The summed E-state index contributed by atoms with van der Waals surface area (Å²) in [7, 11) is 0. The van der Waals surface area contributed by atoms with Crippen molar-refractivity contribution in [1.29, 1.82) is 0 Å². The number of hydrogen-bond acceptors (Lipinski definition) is 3. The Hall–Kier alpha value is -1.74. The first kappa shape index (κ1) is 12.7. The summed E-state index contributed by atoms with van der Waals surface area (Å²) in [5, 5.41) is 0. The van der Waals surface area contributed by atoms with E-state index < -0.39 is 0 Å². The first-order valence-electron chi connectivity index (χ1n) is 6.30. The SMILES string of the molecule is CCCc1ccc(OCc2occc2CN)cc1. The topological polar surface area (TPSA) is 48.4 Å². The van der Waals surface area contributed by atoms with Gasteiger partial charge in [-0.25, -0.2) is 0 Å². The zero-order chi connectivity index (χ0) is 12.8. The van der Waals surface area contributed by atoms with Crippen molar-refractivity contribution in [1.82, 2.24) is 0 Å². The fraction of sp³-hybridized carbons (Fsp3) is 0.333. The Kier molecular flexibility index (Phi) is 4.42. The third kappa shape index (κ3) is 3.14. The van der Waals surface area contributed by atoms with E-state index in [0.717, 1.165) is 29.9 Å². The normalized spacial score (nSPS) is 10.6. The predicted molar refractivity (Wildman–Crippen MR) is 71.4 cm³/mol. The van der Waals surface area contributed by atoms with E-state index in [1.807, 2.05) is 18.2 Å². The molecule has 0 fully saturated rings. The summed E-state index contributed by atoms with van der Waals surface area (Å²) >= 11 is 0. The van der Waals surface area contributed by atoms with Crippen molar-refractivity contribution in [3.8, 4) is 5.75 Å². The molecule has 0 spiro atoms. The van der Waals surface area contributed by atoms with Crippen LogP contribution in [0.4, 0.5) is 0 Å². The average Bonchev–Trinajstić information content (AvgIpc) is 2.86. The Morgan fingerprint density at radius 3 is 2.61 bits per heavy atom. The van der Waals surface area contributed by atoms with Crippen LogP contribution in [0.3, 0.4) is 0 Å². The van der Waals surface area contributed by atoms with E-state index >= 15 is 0 Å². The Balaban J connectivity index is 1.94. The van der Waals surface area contributed by atoms with Crippen LogP contribution in [0.15, 0.2) is 41.0 Å². The Morgan fingerprint density at radius 1 is 1.17 bits per heavy atom. The molecule has 3 heteroatoms. The van der Waals surface area contributed by atoms with Crippen LogP contribution in [0.5, 0.6) is 5.75 Å². The van der Waals surface area contributed by atoms with Gasteiger partial charge in [-0.3, -0.25) is 0 Å². The molecule has 0 saturated heterocycles. The number of aryl methyl sites for hydroxylation is 1. The molecule has 1 aromatic heterocycles. The monoisotopic (exact) mass is 245 g/mol. The molecule has 2 N–H and O–H groups in total. The highest BCUT2D eigenvalue weighted by Gasteiger charge is 2.05. The van der Waals surface area contributed by atoms with Crippen molar-refractivity contribution in [2.24, 2.45) is 5.73 Å². The minimum absolute atomic E-state index is 0.423. The highest BCUT2D eigenvalue weighted by molar-refractivity contribution is 5.27. The molecule has 0 unspecified atom stereocenters. The summed E-state index contributed by atoms with van der Waals surface area (Å²) < 4.78 is 11.0. The lowest BCUT2D eigenvalue weighted by Crippen LogP contribution is -2.01. The van der Waals surface area contributed by atoms with Crippen LogP contribution in [0.1, 0.15) is 30.2 Å². The van der Waals surface area contributed by atoms with Crippen LogP contribution in [-0.2, 0) is 19.6 Å². The summed E-state index contributed by atoms with van der Waals surface area (Å²) in [4.78, 5) is 0. The second-order valence-corrected chi connectivity index (χ2v) is 4.26. The molecule has 0 atom stereocenters. The molecule has 0 aliphatic heterocycles. The Labute approximate surface area is 108 Å². The zero-order valence-corrected chi connectivity index (χ0v) is 10.7. The largest absolute Gasteiger partial charge is 0.486 e. The zero-order valence-electron chi connectivity index (χ0n) is 10.7. The van der Waals surface area contributed by atoms with Gasteiger partial charge in [-0.05, 0) is 30.2 Å². The first-order valence-corrected chi connectivity index (χ1v) is 6.30. The molecule has 0 aliphatic carbocycles. The van der Waals surface area contributed by atoms with Crippen molar-refractivity contribution < 1.29 is 9.15 Å². The fourth-order valence-electron chi connectivity index (χ4n) is 1.87. The molecule has 0 saturated carbocycles. The van der Waals surface area contributed by atoms with Gasteiger partial charge in [0.2, 0.25) is 0 Å². The summed E-state index contributed by atoms with van der Waals surface area (Å²) in [5.41, 5.74) is 7.94. The van der Waals surface area contributed by atoms with Crippen molar-refractivity contribution in [3.05, 3.63) is 53.5 Å². The summed E-state index contributed by atoms with van der Waals surface area (Å²) in [6, 6.07) is 10.1. The minimum atomic E-state index is 0.423. The molecule has 18 heavy (non-hydrogen) atoms. The number of furan rings is 1. The summed E-state index contributed by atoms with van der Waals surface area (Å²) in [5.74, 6) is 1.66. The maximum absolute atomic E-state index is 5.68. The van der Waals surface area contributed by atoms with E-state index in [2.05, 4.69) is 19.1 Å². The summed E-state index contributed by atoms with van der Waals surface area (Å²) in [6.45, 7) is 3.08. The number of rotatable bonds is 6. The highest BCUT2D eigenvalue weighted by Crippen LogP contribution is 2.17. The van der Waals surface area contributed by atoms with Crippen LogP contribution in [0.2, 0.25) is 0 Å². The lowest BCUT2D eigenvalue weighted by atomic mass is 10.1. The van der Waals surface area contributed by atoms with E-state index in [1.165, 1.54) is 5.56 Å². The van der Waals surface area contributed by atoms with Crippen molar-refractivity contribution in [2.75, 3.05) is 0 Å². The summed E-state index contributed by atoms with van der Waals surface area (Å²) in [6.07, 6.45) is 3.91. The molecular weight excluding hydrogens is 226 g/mol. The molecule has 2 aromatic rings. The molecular formula is C15H19NO2. The van der Waals surface area contributed by atoms with Gasteiger partial charge in [0.15, 0.2) is 0 Å². The quantitative estimate of drug-likeness (QED) is 0.849. The standard InChI is InChI=1S/C15H19NO2/c1-2-3-12-4-6-14(7-5-12)18-11-15-13(10-16)8-9-17-15/h4-9H,2-3,10-11,16H2,1H3. The fourth-order valence-corrected chi connectivity index (χ4v) is 1.87. The van der Waals surface area contributed by atoms with Crippen LogP contribution >= 0.6 is 0 Å². The maximum Gasteiger partial charge on any atom is 0.146 e. The minimum Gasteiger partial charge on any atom is -0.486 e. The Bertz CT molecular complexity index is 473. The van der Waals surface area contributed by atoms with E-state index in [-0.39, 0.29) is 0 Å². The van der Waals surface area contributed by atoms with Crippen molar-refractivity contribution in [3.63, 3.8) is 0 Å². The average molecular weight is 245 g/mol. The first-order chi connectivity index (χ1) is 8.83. The number of hydrogen-bond donors (Lipinski definition) is 1. The lowest BCUT2D eigenvalue weighted by molar-refractivity contribution is 0.268. The van der Waals surface area contributed by atoms with Gasteiger partial charge in [0, 0.05) is 12.1 Å². The number of nitrogens with two attached hydrogens (primary N) is 1. The third-order valence-corrected chi connectivity index (χ3v) is 2.89. The molecule has 1 heterocycles. The maximum atomic E-state index is 5.68. The van der Waals surface area contributed by atoms with E-state index in [1.54, 1.807) is 6.26 Å². The van der Waals surface area contributed by atoms with Crippen LogP contribution in [0.25, 0.3) is 0 Å². The van der Waals surface area contributed by atoms with E-state index in [9.17, 15) is 0 Å². The van der Waals surface area contributed by atoms with Crippen molar-refractivity contribution >= 4 is 0 Å². The van der Waals surface area contributed by atoms with Gasteiger partial charge in [0.05, 0.1) is 6.26 Å².